The zero-order valence-corrected chi connectivity index (χ0v) is 12.0. The molecule has 1 N–H and O–H groups in total. The SMILES string of the molecule is CNc1nc(-c2sc(C3CC3)nc2COC)cs1. The molecule has 1 fully saturated rings. The fourth-order valence-electron chi connectivity index (χ4n) is 1.80. The average Bonchev–Trinajstić information content (AvgIpc) is 2.98. The molecular weight excluding hydrogens is 266 g/mol. The summed E-state index contributed by atoms with van der Waals surface area (Å²) in [6.45, 7) is 0.560. The lowest BCUT2D eigenvalue weighted by molar-refractivity contribution is 0.182. The van der Waals surface area contributed by atoms with E-state index in [9.17, 15) is 0 Å². The van der Waals surface area contributed by atoms with Crippen LogP contribution in [0.1, 0.15) is 29.5 Å². The van der Waals surface area contributed by atoms with Crippen LogP contribution in [0.2, 0.25) is 0 Å². The van der Waals surface area contributed by atoms with Gasteiger partial charge in [-0.1, -0.05) is 0 Å². The molecule has 4 nitrogen and oxygen atoms in total. The van der Waals surface area contributed by atoms with E-state index in [4.69, 9.17) is 9.72 Å². The highest BCUT2D eigenvalue weighted by molar-refractivity contribution is 7.17. The molecule has 1 aliphatic rings. The highest BCUT2D eigenvalue weighted by Crippen LogP contribution is 2.45. The summed E-state index contributed by atoms with van der Waals surface area (Å²) in [6, 6.07) is 0. The molecule has 0 radical (unpaired) electrons. The van der Waals surface area contributed by atoms with Gasteiger partial charge in [-0.25, -0.2) is 9.97 Å². The Hall–Kier alpha value is -0.980. The first-order valence-corrected chi connectivity index (χ1v) is 7.63. The third kappa shape index (κ3) is 2.28. The molecule has 0 saturated heterocycles. The quantitative estimate of drug-likeness (QED) is 0.913. The van der Waals surface area contributed by atoms with Crippen LogP contribution in [0.4, 0.5) is 5.13 Å². The fraction of sp³-hybridized carbons (Fsp3) is 0.500. The van der Waals surface area contributed by atoms with Gasteiger partial charge >= 0.3 is 0 Å². The van der Waals surface area contributed by atoms with E-state index in [2.05, 4.69) is 15.7 Å². The molecule has 6 heteroatoms. The molecule has 0 atom stereocenters. The first-order valence-electron chi connectivity index (χ1n) is 5.94. The number of thiazole rings is 2. The second-order valence-corrected chi connectivity index (χ2v) is 6.21. The lowest BCUT2D eigenvalue weighted by Gasteiger charge is -1.97. The molecule has 0 bridgehead atoms. The van der Waals surface area contributed by atoms with Gasteiger partial charge in [-0.3, -0.25) is 0 Å². The number of ether oxygens (including phenoxy) is 1. The van der Waals surface area contributed by atoms with E-state index in [1.807, 2.05) is 7.05 Å². The van der Waals surface area contributed by atoms with Crippen molar-refractivity contribution < 1.29 is 4.74 Å². The molecule has 96 valence electrons. The zero-order chi connectivity index (χ0) is 12.5. The molecule has 2 aromatic heterocycles. The lowest BCUT2D eigenvalue weighted by Crippen LogP contribution is -1.91. The summed E-state index contributed by atoms with van der Waals surface area (Å²) in [5.74, 6) is 0.682. The van der Waals surface area contributed by atoms with Crippen LogP contribution in [-0.4, -0.2) is 24.1 Å². The molecule has 18 heavy (non-hydrogen) atoms. The van der Waals surface area contributed by atoms with Crippen molar-refractivity contribution in [2.75, 3.05) is 19.5 Å². The van der Waals surface area contributed by atoms with Gasteiger partial charge in [0.05, 0.1) is 27.9 Å². The van der Waals surface area contributed by atoms with Gasteiger partial charge in [0.15, 0.2) is 5.13 Å². The normalized spacial score (nSPS) is 15.0. The Balaban J connectivity index is 1.97. The first-order chi connectivity index (χ1) is 8.81. The lowest BCUT2D eigenvalue weighted by atomic mass is 10.3. The Morgan fingerprint density at radius 3 is 2.89 bits per heavy atom. The third-order valence-corrected chi connectivity index (χ3v) is 5.01. The van der Waals surface area contributed by atoms with Crippen LogP contribution in [0.25, 0.3) is 10.6 Å². The van der Waals surface area contributed by atoms with Gasteiger partial charge < -0.3 is 10.1 Å². The molecule has 1 saturated carbocycles. The summed E-state index contributed by atoms with van der Waals surface area (Å²) in [5.41, 5.74) is 2.04. The van der Waals surface area contributed by atoms with Gasteiger partial charge in [-0.05, 0) is 12.8 Å². The van der Waals surface area contributed by atoms with Crippen LogP contribution < -0.4 is 5.32 Å². The molecule has 0 amide bonds. The van der Waals surface area contributed by atoms with E-state index in [-0.39, 0.29) is 0 Å². The van der Waals surface area contributed by atoms with E-state index in [0.29, 0.717) is 12.5 Å². The van der Waals surface area contributed by atoms with Crippen molar-refractivity contribution in [3.63, 3.8) is 0 Å². The minimum atomic E-state index is 0.560. The maximum Gasteiger partial charge on any atom is 0.182 e. The maximum absolute atomic E-state index is 5.24. The first kappa shape index (κ1) is 12.1. The standard InChI is InChI=1S/C12H15N3OS2/c1-13-12-15-9(6-17-12)10-8(5-16-2)14-11(18-10)7-3-4-7/h6-7H,3-5H2,1-2H3,(H,13,15). The number of nitrogens with one attached hydrogen (secondary N) is 1. The minimum absolute atomic E-state index is 0.560. The number of methoxy groups -OCH3 is 1. The fourth-order valence-corrected chi connectivity index (χ4v) is 3.74. The largest absolute Gasteiger partial charge is 0.378 e. The van der Waals surface area contributed by atoms with Crippen molar-refractivity contribution in [2.24, 2.45) is 0 Å². The van der Waals surface area contributed by atoms with Gasteiger partial charge in [0.1, 0.15) is 0 Å². The van der Waals surface area contributed by atoms with E-state index in [1.165, 1.54) is 17.8 Å². The van der Waals surface area contributed by atoms with E-state index in [1.54, 1.807) is 29.8 Å². The Morgan fingerprint density at radius 1 is 1.44 bits per heavy atom. The van der Waals surface area contributed by atoms with Crippen LogP contribution in [0, 0.1) is 0 Å². The van der Waals surface area contributed by atoms with Crippen molar-refractivity contribution in [3.8, 4) is 10.6 Å². The van der Waals surface area contributed by atoms with Gasteiger partial charge in [0.25, 0.3) is 0 Å². The predicted molar refractivity (Wildman–Crippen MR) is 75.5 cm³/mol. The smallest absolute Gasteiger partial charge is 0.182 e. The van der Waals surface area contributed by atoms with E-state index in [0.717, 1.165) is 21.4 Å². The van der Waals surface area contributed by atoms with E-state index < -0.39 is 0 Å². The maximum atomic E-state index is 5.24. The van der Waals surface area contributed by atoms with Crippen molar-refractivity contribution >= 4 is 27.8 Å². The molecule has 2 aromatic rings. The summed E-state index contributed by atoms with van der Waals surface area (Å²) in [5, 5.41) is 7.34. The second-order valence-electron chi connectivity index (χ2n) is 4.32. The predicted octanol–water partition coefficient (Wildman–Crippen LogP) is 3.33. The molecule has 2 heterocycles. The zero-order valence-electron chi connectivity index (χ0n) is 10.4. The topological polar surface area (TPSA) is 47.0 Å². The highest BCUT2D eigenvalue weighted by atomic mass is 32.1. The number of hydrogen-bond acceptors (Lipinski definition) is 6. The van der Waals surface area contributed by atoms with Gasteiger partial charge in [-0.2, -0.15) is 0 Å². The van der Waals surface area contributed by atoms with Gasteiger partial charge in [-0.15, -0.1) is 22.7 Å². The van der Waals surface area contributed by atoms with Crippen LogP contribution in [0.3, 0.4) is 0 Å². The molecular formula is C12H15N3OS2. The molecule has 1 aliphatic carbocycles. The molecule has 0 unspecified atom stereocenters. The van der Waals surface area contributed by atoms with Crippen molar-refractivity contribution in [2.45, 2.75) is 25.4 Å². The van der Waals surface area contributed by atoms with Crippen LogP contribution in [0.5, 0.6) is 0 Å². The summed E-state index contributed by atoms with van der Waals surface area (Å²) in [4.78, 5) is 10.4. The molecule has 3 rings (SSSR count). The monoisotopic (exact) mass is 281 g/mol. The number of anilines is 1. The molecule has 0 aliphatic heterocycles. The average molecular weight is 281 g/mol. The summed E-state index contributed by atoms with van der Waals surface area (Å²) >= 11 is 3.39. The van der Waals surface area contributed by atoms with Gasteiger partial charge in [0, 0.05) is 25.5 Å². The van der Waals surface area contributed by atoms with Gasteiger partial charge in [0.2, 0.25) is 0 Å². The highest BCUT2D eigenvalue weighted by Gasteiger charge is 2.29. The van der Waals surface area contributed by atoms with Crippen molar-refractivity contribution in [1.82, 2.24) is 9.97 Å². The molecule has 0 spiro atoms. The Labute approximate surface area is 114 Å². The Kier molecular flexibility index (Phi) is 3.32. The third-order valence-electron chi connectivity index (χ3n) is 2.87. The second kappa shape index (κ2) is 4.95. The van der Waals surface area contributed by atoms with Crippen LogP contribution in [0.15, 0.2) is 5.38 Å². The van der Waals surface area contributed by atoms with E-state index >= 15 is 0 Å². The van der Waals surface area contributed by atoms with Crippen molar-refractivity contribution in [1.29, 1.82) is 0 Å². The van der Waals surface area contributed by atoms with Crippen LogP contribution >= 0.6 is 22.7 Å². The number of hydrogen-bond donors (Lipinski definition) is 1. The number of nitrogens with zero attached hydrogens (tertiary/aromatic N) is 2. The van der Waals surface area contributed by atoms with Crippen LogP contribution in [-0.2, 0) is 11.3 Å². The Bertz CT molecular complexity index is 545. The number of rotatable bonds is 5. The summed E-state index contributed by atoms with van der Waals surface area (Å²) in [7, 11) is 3.60. The molecule has 0 aromatic carbocycles. The minimum Gasteiger partial charge on any atom is -0.378 e. The summed E-state index contributed by atoms with van der Waals surface area (Å²) in [6.07, 6.45) is 2.55. The van der Waals surface area contributed by atoms with Crippen molar-refractivity contribution in [3.05, 3.63) is 16.1 Å². The number of aromatic nitrogens is 2. The summed E-state index contributed by atoms with van der Waals surface area (Å²) < 4.78 is 5.24. The Morgan fingerprint density at radius 2 is 2.28 bits per heavy atom.